The number of hydrogen-bond donors (Lipinski definition) is 0. The van der Waals surface area contributed by atoms with Crippen LogP contribution in [-0.2, 0) is 0 Å². The van der Waals surface area contributed by atoms with Crippen molar-refractivity contribution in [3.8, 4) is 0 Å². The van der Waals surface area contributed by atoms with E-state index in [1.54, 1.807) is 0 Å². The molecule has 0 radical (unpaired) electrons. The van der Waals surface area contributed by atoms with Crippen molar-refractivity contribution in [1.82, 2.24) is 0 Å². The first-order chi connectivity index (χ1) is 9.27. The van der Waals surface area contributed by atoms with Gasteiger partial charge in [-0.3, -0.25) is 0 Å². The third-order valence-corrected chi connectivity index (χ3v) is 3.56. The van der Waals surface area contributed by atoms with E-state index in [4.69, 9.17) is 2.74 Å². The number of rotatable bonds is 14. The summed E-state index contributed by atoms with van der Waals surface area (Å²) >= 11 is 0. The zero-order chi connectivity index (χ0) is 14.2. The highest BCUT2D eigenvalue weighted by Gasteiger charge is 1.93. The second kappa shape index (κ2) is 16.0. The van der Waals surface area contributed by atoms with Crippen LogP contribution in [0.5, 0.6) is 0 Å². The Bertz CT molecular complexity index is 157. The molecule has 0 aliphatic rings. The second-order valence-corrected chi connectivity index (χ2v) is 5.38. The van der Waals surface area contributed by atoms with E-state index in [-0.39, 0.29) is 0 Å². The van der Waals surface area contributed by atoms with Crippen LogP contribution in [0.15, 0.2) is 0 Å². The molecule has 104 valence electrons. The lowest BCUT2D eigenvalue weighted by molar-refractivity contribution is 0.534. The van der Waals surface area contributed by atoms with Gasteiger partial charge in [0.25, 0.3) is 0 Å². The van der Waals surface area contributed by atoms with E-state index in [0.717, 1.165) is 12.8 Å². The Labute approximate surface area is 113 Å². The summed E-state index contributed by atoms with van der Waals surface area (Å²) in [4.78, 5) is 0. The first-order valence-electron chi connectivity index (χ1n) is 9.27. The first-order valence-corrected chi connectivity index (χ1v) is 8.12. The Kier molecular flexibility index (Phi) is 12.6. The average molecular weight is 242 g/mol. The quantitative estimate of drug-likeness (QED) is 0.291. The van der Waals surface area contributed by atoms with E-state index >= 15 is 0 Å². The molecule has 0 saturated heterocycles. The highest BCUT2D eigenvalue weighted by atomic mass is 14.0. The molecule has 0 aromatic heterocycles. The van der Waals surface area contributed by atoms with Crippen LogP contribution in [0.4, 0.5) is 0 Å². The zero-order valence-electron chi connectivity index (χ0n) is 14.2. The molecule has 0 heterocycles. The fourth-order valence-corrected chi connectivity index (χ4v) is 2.34. The van der Waals surface area contributed by atoms with Crippen molar-refractivity contribution in [3.63, 3.8) is 0 Å². The molecule has 0 unspecified atom stereocenters. The van der Waals surface area contributed by atoms with E-state index in [9.17, 15) is 0 Å². The van der Waals surface area contributed by atoms with Gasteiger partial charge in [-0.15, -0.1) is 0 Å². The highest BCUT2D eigenvalue weighted by molar-refractivity contribution is 4.48. The van der Waals surface area contributed by atoms with Gasteiger partial charge in [-0.05, 0) is 0 Å². The fraction of sp³-hybridized carbons (Fsp3) is 1.00. The monoisotopic (exact) mass is 242 g/mol. The lowest BCUT2D eigenvalue weighted by atomic mass is 10.0. The molecule has 0 spiro atoms. The van der Waals surface area contributed by atoms with Crippen LogP contribution in [-0.4, -0.2) is 0 Å². The van der Waals surface area contributed by atoms with Gasteiger partial charge in [0.05, 0.1) is 0 Å². The van der Waals surface area contributed by atoms with Crippen molar-refractivity contribution in [2.75, 3.05) is 0 Å². The van der Waals surface area contributed by atoms with Crippen LogP contribution in [0.2, 0.25) is 0 Å². The largest absolute Gasteiger partial charge is 0.0654 e. The Morgan fingerprint density at radius 3 is 1.06 bits per heavy atom. The van der Waals surface area contributed by atoms with Gasteiger partial charge in [0.2, 0.25) is 0 Å². The zero-order valence-corrected chi connectivity index (χ0v) is 12.2. The molecule has 0 aromatic carbocycles. The van der Waals surface area contributed by atoms with Crippen molar-refractivity contribution in [1.29, 1.82) is 0 Å². The summed E-state index contributed by atoms with van der Waals surface area (Å²) in [7, 11) is 0. The van der Waals surface area contributed by atoms with Crippen molar-refractivity contribution in [3.05, 3.63) is 0 Å². The molecule has 0 amide bonds. The molecule has 0 atom stereocenters. The Morgan fingerprint density at radius 2 is 0.765 bits per heavy atom. The molecular weight excluding hydrogens is 204 g/mol. The summed E-state index contributed by atoms with van der Waals surface area (Å²) in [6.07, 6.45) is 19.9. The summed E-state index contributed by atoms with van der Waals surface area (Å²) in [5.41, 5.74) is 0. The second-order valence-electron chi connectivity index (χ2n) is 5.38. The van der Waals surface area contributed by atoms with Crippen LogP contribution in [0.1, 0.15) is 113 Å². The average Bonchev–Trinajstić information content (AvgIpc) is 2.39. The maximum Gasteiger partial charge on any atom is 0.0230 e. The van der Waals surface area contributed by atoms with Gasteiger partial charge in [-0.2, -0.15) is 0 Å². The molecule has 0 aliphatic carbocycles. The van der Waals surface area contributed by atoms with Crippen LogP contribution >= 0.6 is 0 Å². The fourth-order valence-electron chi connectivity index (χ4n) is 2.34. The third kappa shape index (κ3) is 16.0. The summed E-state index contributed by atoms with van der Waals surface area (Å²) in [5, 5.41) is 0. The topological polar surface area (TPSA) is 0 Å². The predicted octanol–water partition coefficient (Wildman–Crippen LogP) is 6.88. The lowest BCUT2D eigenvalue weighted by Gasteiger charge is -2.02. The summed E-state index contributed by atoms with van der Waals surface area (Å²) in [6.45, 7) is 1.68. The number of unbranched alkanes of at least 4 members (excludes halogenated alkanes) is 13. The van der Waals surface area contributed by atoms with Gasteiger partial charge in [0, 0.05) is 2.74 Å². The van der Waals surface area contributed by atoms with E-state index in [0.29, 0.717) is 0 Å². The Balaban J connectivity index is 2.91. The molecule has 0 nitrogen and oxygen atoms in total. The van der Waals surface area contributed by atoms with E-state index in [2.05, 4.69) is 6.92 Å². The minimum absolute atomic E-state index is 0.600. The van der Waals surface area contributed by atoms with E-state index < -0.39 is 6.88 Å². The van der Waals surface area contributed by atoms with E-state index in [1.807, 2.05) is 0 Å². The molecule has 0 N–H and O–H groups in total. The smallest absolute Gasteiger partial charge is 0.0230 e. The van der Waals surface area contributed by atoms with Gasteiger partial charge < -0.3 is 0 Å². The maximum atomic E-state index is 7.11. The highest BCUT2D eigenvalue weighted by Crippen LogP contribution is 2.13. The number of hydrogen-bond acceptors (Lipinski definition) is 0. The van der Waals surface area contributed by atoms with E-state index in [1.165, 1.54) is 83.5 Å². The molecule has 0 aromatic rings. The standard InChI is InChI=1S/C17H36/c1-3-5-7-9-11-13-15-17-16-14-12-10-8-6-4-2/h3-17H2,1-2H3/i1D2. The SMILES string of the molecule is [2H]C([2H])CCCCCCCCCCCCCCCC. The Hall–Kier alpha value is 0. The van der Waals surface area contributed by atoms with Gasteiger partial charge in [0.1, 0.15) is 0 Å². The third-order valence-electron chi connectivity index (χ3n) is 3.56. The molecule has 0 bridgehead atoms. The normalized spacial score (nSPS) is 12.8. The summed E-state index contributed by atoms with van der Waals surface area (Å²) in [5.74, 6) is 0. The minimum Gasteiger partial charge on any atom is -0.0654 e. The van der Waals surface area contributed by atoms with Crippen LogP contribution in [0, 0.1) is 0 Å². The van der Waals surface area contributed by atoms with Gasteiger partial charge >= 0.3 is 0 Å². The lowest BCUT2D eigenvalue weighted by Crippen LogP contribution is -1.82. The van der Waals surface area contributed by atoms with Crippen molar-refractivity contribution in [2.45, 2.75) is 110 Å². The Morgan fingerprint density at radius 1 is 0.471 bits per heavy atom. The maximum absolute atomic E-state index is 7.11. The van der Waals surface area contributed by atoms with Gasteiger partial charge in [0.15, 0.2) is 0 Å². The summed E-state index contributed by atoms with van der Waals surface area (Å²) < 4.78 is 14.2. The van der Waals surface area contributed by atoms with Gasteiger partial charge in [-0.25, -0.2) is 0 Å². The molecule has 0 saturated carbocycles. The van der Waals surface area contributed by atoms with Crippen molar-refractivity contribution < 1.29 is 2.74 Å². The molecule has 0 heteroatoms. The molecule has 0 fully saturated rings. The van der Waals surface area contributed by atoms with Crippen LogP contribution in [0.3, 0.4) is 0 Å². The molecule has 17 heavy (non-hydrogen) atoms. The predicted molar refractivity (Wildman–Crippen MR) is 80.6 cm³/mol. The van der Waals surface area contributed by atoms with Crippen molar-refractivity contribution >= 4 is 0 Å². The summed E-state index contributed by atoms with van der Waals surface area (Å²) in [6, 6.07) is 0. The molecule has 0 rings (SSSR count). The molecule has 0 aliphatic heterocycles. The van der Waals surface area contributed by atoms with Gasteiger partial charge in [-0.1, -0.05) is 110 Å². The van der Waals surface area contributed by atoms with Crippen molar-refractivity contribution in [2.24, 2.45) is 0 Å². The minimum atomic E-state index is -0.600. The first kappa shape index (κ1) is 13.4. The van der Waals surface area contributed by atoms with Crippen LogP contribution < -0.4 is 0 Å². The van der Waals surface area contributed by atoms with Crippen LogP contribution in [0.25, 0.3) is 0 Å². The molecular formula is C17H36.